The van der Waals surface area contributed by atoms with E-state index in [4.69, 9.17) is 0 Å². The van der Waals surface area contributed by atoms with Crippen LogP contribution in [-0.2, 0) is 0 Å². The van der Waals surface area contributed by atoms with Crippen molar-refractivity contribution in [1.82, 2.24) is 10.2 Å². The Bertz CT molecular complexity index is 459. The van der Waals surface area contributed by atoms with E-state index in [1.807, 2.05) is 0 Å². The molecule has 1 aromatic carbocycles. The average Bonchev–Trinajstić information content (AvgIpc) is 2.45. The van der Waals surface area contributed by atoms with Crippen molar-refractivity contribution in [3.63, 3.8) is 0 Å². The lowest BCUT2D eigenvalue weighted by Crippen LogP contribution is -2.48. The van der Waals surface area contributed by atoms with Gasteiger partial charge < -0.3 is 10.2 Å². The lowest BCUT2D eigenvalue weighted by Gasteiger charge is -2.33. The monoisotopic (exact) mass is 282 g/mol. The van der Waals surface area contributed by atoms with Crippen LogP contribution in [0.5, 0.6) is 0 Å². The fraction of sp³-hybridized carbons (Fsp3) is 0.533. The number of likely N-dealkylation sites (tertiary alicyclic amines) is 1. The van der Waals surface area contributed by atoms with Gasteiger partial charge in [0.15, 0.2) is 0 Å². The fourth-order valence-corrected chi connectivity index (χ4v) is 2.54. The van der Waals surface area contributed by atoms with Gasteiger partial charge in [-0.25, -0.2) is 8.78 Å². The van der Waals surface area contributed by atoms with Gasteiger partial charge in [0.2, 0.25) is 0 Å². The predicted molar refractivity (Wildman–Crippen MR) is 73.6 cm³/mol. The molecule has 3 nitrogen and oxygen atoms in total. The summed E-state index contributed by atoms with van der Waals surface area (Å²) in [4.78, 5) is 13.8. The van der Waals surface area contributed by atoms with Crippen molar-refractivity contribution in [1.29, 1.82) is 0 Å². The number of rotatable bonds is 4. The molecule has 2 rings (SSSR count). The van der Waals surface area contributed by atoms with Gasteiger partial charge in [-0.2, -0.15) is 0 Å². The lowest BCUT2D eigenvalue weighted by atomic mass is 10.0. The van der Waals surface area contributed by atoms with Crippen LogP contribution >= 0.6 is 0 Å². The fourth-order valence-electron chi connectivity index (χ4n) is 2.54. The molecule has 0 bridgehead atoms. The number of carbonyl (C=O) groups is 1. The predicted octanol–water partition coefficient (Wildman–Crippen LogP) is 2.57. The number of amides is 1. The summed E-state index contributed by atoms with van der Waals surface area (Å²) in [6, 6.07) is 3.71. The second kappa shape index (κ2) is 6.79. The van der Waals surface area contributed by atoms with Gasteiger partial charge in [-0.3, -0.25) is 4.79 Å². The van der Waals surface area contributed by atoms with Crippen molar-refractivity contribution in [3.8, 4) is 0 Å². The molecule has 1 N–H and O–H groups in total. The molecule has 0 radical (unpaired) electrons. The first-order valence-corrected chi connectivity index (χ1v) is 7.10. The van der Waals surface area contributed by atoms with E-state index in [0.717, 1.165) is 37.9 Å². The summed E-state index contributed by atoms with van der Waals surface area (Å²) in [7, 11) is 0. The molecule has 5 heteroatoms. The highest BCUT2D eigenvalue weighted by Gasteiger charge is 2.27. The molecular formula is C15H20F2N2O. The van der Waals surface area contributed by atoms with Gasteiger partial charge >= 0.3 is 0 Å². The molecule has 1 heterocycles. The quantitative estimate of drug-likeness (QED) is 0.920. The summed E-state index contributed by atoms with van der Waals surface area (Å²) in [5, 5.41) is 3.36. The third-order valence-electron chi connectivity index (χ3n) is 3.57. The summed E-state index contributed by atoms with van der Waals surface area (Å²) in [6.07, 6.45) is 2.86. The molecule has 20 heavy (non-hydrogen) atoms. The largest absolute Gasteiger partial charge is 0.337 e. The van der Waals surface area contributed by atoms with Crippen molar-refractivity contribution >= 4 is 5.91 Å². The highest BCUT2D eigenvalue weighted by Crippen LogP contribution is 2.18. The second-order valence-corrected chi connectivity index (χ2v) is 5.14. The lowest BCUT2D eigenvalue weighted by molar-refractivity contribution is 0.0685. The second-order valence-electron chi connectivity index (χ2n) is 5.14. The first kappa shape index (κ1) is 14.9. The van der Waals surface area contributed by atoms with Crippen molar-refractivity contribution in [2.45, 2.75) is 32.2 Å². The van der Waals surface area contributed by atoms with Crippen LogP contribution in [0.1, 0.15) is 36.5 Å². The molecule has 1 amide bonds. The Morgan fingerprint density at radius 1 is 1.40 bits per heavy atom. The molecular weight excluding hydrogens is 262 g/mol. The Hall–Kier alpha value is -1.49. The molecule has 1 saturated heterocycles. The van der Waals surface area contributed by atoms with Crippen LogP contribution in [-0.4, -0.2) is 36.5 Å². The number of nitrogens with zero attached hydrogens (tertiary/aromatic N) is 1. The Morgan fingerprint density at radius 3 is 2.75 bits per heavy atom. The third-order valence-corrected chi connectivity index (χ3v) is 3.57. The van der Waals surface area contributed by atoms with E-state index < -0.39 is 23.1 Å². The number of nitrogens with one attached hydrogen (secondary N) is 1. The van der Waals surface area contributed by atoms with Crippen LogP contribution in [0.2, 0.25) is 0 Å². The molecule has 0 aliphatic carbocycles. The summed E-state index contributed by atoms with van der Waals surface area (Å²) in [5.41, 5.74) is -0.441. The number of benzene rings is 1. The zero-order valence-electron chi connectivity index (χ0n) is 11.7. The van der Waals surface area contributed by atoms with E-state index in [9.17, 15) is 13.6 Å². The first-order valence-electron chi connectivity index (χ1n) is 7.10. The van der Waals surface area contributed by atoms with Crippen LogP contribution < -0.4 is 5.32 Å². The minimum Gasteiger partial charge on any atom is -0.337 e. The van der Waals surface area contributed by atoms with E-state index in [1.165, 1.54) is 6.07 Å². The van der Waals surface area contributed by atoms with E-state index in [0.29, 0.717) is 13.1 Å². The Balaban J connectivity index is 2.08. The van der Waals surface area contributed by atoms with Crippen LogP contribution in [0, 0.1) is 11.6 Å². The van der Waals surface area contributed by atoms with E-state index >= 15 is 0 Å². The number of piperidine rings is 1. The SMILES string of the molecule is CCCNC1CCCN(C(=O)c2c(F)cccc2F)C1. The molecule has 1 fully saturated rings. The van der Waals surface area contributed by atoms with Gasteiger partial charge in [0.1, 0.15) is 17.2 Å². The van der Waals surface area contributed by atoms with Crippen molar-refractivity contribution in [2.75, 3.05) is 19.6 Å². The summed E-state index contributed by atoms with van der Waals surface area (Å²) < 4.78 is 27.3. The van der Waals surface area contributed by atoms with E-state index in [1.54, 1.807) is 4.90 Å². The first-order chi connectivity index (χ1) is 9.63. The Morgan fingerprint density at radius 2 is 2.10 bits per heavy atom. The number of hydrogen-bond donors (Lipinski definition) is 1. The highest BCUT2D eigenvalue weighted by atomic mass is 19.1. The molecule has 0 aromatic heterocycles. The third kappa shape index (κ3) is 3.33. The number of hydrogen-bond acceptors (Lipinski definition) is 2. The number of halogens is 2. The summed E-state index contributed by atoms with van der Waals surface area (Å²) in [5.74, 6) is -2.14. The van der Waals surface area contributed by atoms with Crippen LogP contribution in [0.15, 0.2) is 18.2 Å². The van der Waals surface area contributed by atoms with E-state index in [-0.39, 0.29) is 6.04 Å². The van der Waals surface area contributed by atoms with E-state index in [2.05, 4.69) is 12.2 Å². The summed E-state index contributed by atoms with van der Waals surface area (Å²) in [6.45, 7) is 4.03. The molecule has 1 aromatic rings. The van der Waals surface area contributed by atoms with Crippen molar-refractivity contribution in [3.05, 3.63) is 35.4 Å². The van der Waals surface area contributed by atoms with Gasteiger partial charge in [0.25, 0.3) is 5.91 Å². The van der Waals surface area contributed by atoms with Gasteiger partial charge in [-0.1, -0.05) is 13.0 Å². The molecule has 110 valence electrons. The van der Waals surface area contributed by atoms with Crippen molar-refractivity contribution in [2.24, 2.45) is 0 Å². The van der Waals surface area contributed by atoms with Gasteiger partial charge in [-0.05, 0) is 37.9 Å². The minimum absolute atomic E-state index is 0.211. The van der Waals surface area contributed by atoms with Gasteiger partial charge in [0.05, 0.1) is 0 Å². The van der Waals surface area contributed by atoms with Gasteiger partial charge in [0, 0.05) is 19.1 Å². The molecule has 1 aliphatic rings. The number of carbonyl (C=O) groups excluding carboxylic acids is 1. The van der Waals surface area contributed by atoms with Crippen LogP contribution in [0.3, 0.4) is 0 Å². The van der Waals surface area contributed by atoms with Crippen LogP contribution in [0.25, 0.3) is 0 Å². The standard InChI is InChI=1S/C15H20F2N2O/c1-2-8-18-11-5-4-9-19(10-11)15(20)14-12(16)6-3-7-13(14)17/h3,6-7,11,18H,2,4-5,8-10H2,1H3. The zero-order chi connectivity index (χ0) is 14.5. The van der Waals surface area contributed by atoms with Gasteiger partial charge in [-0.15, -0.1) is 0 Å². The van der Waals surface area contributed by atoms with Crippen molar-refractivity contribution < 1.29 is 13.6 Å². The molecule has 0 saturated carbocycles. The summed E-state index contributed by atoms with van der Waals surface area (Å²) >= 11 is 0. The Kier molecular flexibility index (Phi) is 5.06. The molecule has 0 spiro atoms. The maximum atomic E-state index is 13.7. The molecule has 1 aliphatic heterocycles. The minimum atomic E-state index is -0.793. The molecule has 1 unspecified atom stereocenters. The zero-order valence-corrected chi connectivity index (χ0v) is 11.7. The highest BCUT2D eigenvalue weighted by molar-refractivity contribution is 5.94. The normalized spacial score (nSPS) is 19.1. The van der Waals surface area contributed by atoms with Crippen LogP contribution in [0.4, 0.5) is 8.78 Å². The Labute approximate surface area is 118 Å². The topological polar surface area (TPSA) is 32.3 Å². The maximum absolute atomic E-state index is 13.7. The molecule has 1 atom stereocenters. The average molecular weight is 282 g/mol. The smallest absolute Gasteiger partial charge is 0.259 e. The maximum Gasteiger partial charge on any atom is 0.259 e.